The lowest BCUT2D eigenvalue weighted by molar-refractivity contribution is 0.612. The Kier molecular flexibility index (Phi) is 2.42. The van der Waals surface area contributed by atoms with E-state index in [1.54, 1.807) is 0 Å². The fourth-order valence-electron chi connectivity index (χ4n) is 1.04. The maximum Gasteiger partial charge on any atom is 0.0556 e. The minimum Gasteiger partial charge on any atom is -0.118 e. The van der Waals surface area contributed by atoms with Crippen LogP contribution in [0.5, 0.6) is 0 Å². The van der Waals surface area contributed by atoms with Crippen LogP contribution in [0.2, 0.25) is 0 Å². The predicted octanol–water partition coefficient (Wildman–Crippen LogP) is 2.94. The molecular formula is C7H10Cl2. The lowest BCUT2D eigenvalue weighted by atomic mass is 9.95. The van der Waals surface area contributed by atoms with Crippen molar-refractivity contribution in [3.05, 3.63) is 12.2 Å². The van der Waals surface area contributed by atoms with Crippen LogP contribution in [-0.4, -0.2) is 10.8 Å². The van der Waals surface area contributed by atoms with Crippen molar-refractivity contribution in [1.29, 1.82) is 0 Å². The maximum atomic E-state index is 5.88. The quantitative estimate of drug-likeness (QED) is 0.382. The lowest BCUT2D eigenvalue weighted by Gasteiger charge is -2.23. The summed E-state index contributed by atoms with van der Waals surface area (Å²) in [6.07, 6.45) is 3.23. The van der Waals surface area contributed by atoms with Crippen LogP contribution in [0.1, 0.15) is 19.3 Å². The van der Waals surface area contributed by atoms with E-state index in [0.29, 0.717) is 0 Å². The van der Waals surface area contributed by atoms with Gasteiger partial charge in [-0.2, -0.15) is 0 Å². The van der Waals surface area contributed by atoms with E-state index in [1.165, 1.54) is 0 Å². The number of hydrogen-bond donors (Lipinski definition) is 0. The molecule has 1 aliphatic carbocycles. The summed E-state index contributed by atoms with van der Waals surface area (Å²) in [7, 11) is 0. The highest BCUT2D eigenvalue weighted by Crippen LogP contribution is 2.30. The van der Waals surface area contributed by atoms with Crippen LogP contribution in [0.3, 0.4) is 0 Å². The second-order valence-electron chi connectivity index (χ2n) is 2.44. The number of hydrogen-bond acceptors (Lipinski definition) is 0. The molecule has 0 aromatic rings. The highest BCUT2D eigenvalue weighted by atomic mass is 35.5. The highest BCUT2D eigenvalue weighted by Gasteiger charge is 2.21. The summed E-state index contributed by atoms with van der Waals surface area (Å²) >= 11 is 11.8. The summed E-state index contributed by atoms with van der Waals surface area (Å²) in [5.74, 6) is 0. The van der Waals surface area contributed by atoms with E-state index < -0.39 is 0 Å². The standard InChI is InChI=1S/C7H10Cl2/c1-5-6(8)3-2-4-7(5)9/h6-7H,1-4H2. The molecule has 0 spiro atoms. The minimum absolute atomic E-state index is 0.126. The molecule has 1 fully saturated rings. The molecule has 0 amide bonds. The molecule has 1 saturated carbocycles. The van der Waals surface area contributed by atoms with Crippen molar-refractivity contribution in [2.24, 2.45) is 0 Å². The Bertz CT molecular complexity index is 108. The molecule has 2 atom stereocenters. The molecule has 0 radical (unpaired) electrons. The van der Waals surface area contributed by atoms with Crippen LogP contribution in [0.4, 0.5) is 0 Å². The molecule has 0 aromatic heterocycles. The summed E-state index contributed by atoms with van der Waals surface area (Å²) in [5, 5.41) is 0.252. The predicted molar refractivity (Wildman–Crippen MR) is 42.3 cm³/mol. The Balaban J connectivity index is 2.52. The zero-order valence-electron chi connectivity index (χ0n) is 5.24. The SMILES string of the molecule is C=C1C(Cl)CCCC1Cl. The molecule has 2 unspecified atom stereocenters. The van der Waals surface area contributed by atoms with Crippen molar-refractivity contribution in [1.82, 2.24) is 0 Å². The number of halogens is 2. The Morgan fingerprint density at radius 2 is 1.67 bits per heavy atom. The molecule has 1 rings (SSSR count). The maximum absolute atomic E-state index is 5.88. The molecule has 9 heavy (non-hydrogen) atoms. The lowest BCUT2D eigenvalue weighted by Crippen LogP contribution is -2.18. The van der Waals surface area contributed by atoms with E-state index in [0.717, 1.165) is 24.8 Å². The smallest absolute Gasteiger partial charge is 0.0556 e. The van der Waals surface area contributed by atoms with Crippen LogP contribution >= 0.6 is 23.2 Å². The Labute approximate surface area is 65.8 Å². The third-order valence-electron chi connectivity index (χ3n) is 1.72. The van der Waals surface area contributed by atoms with E-state index in [1.807, 2.05) is 0 Å². The molecular weight excluding hydrogens is 155 g/mol. The van der Waals surface area contributed by atoms with Crippen molar-refractivity contribution in [2.75, 3.05) is 0 Å². The van der Waals surface area contributed by atoms with Gasteiger partial charge in [0.15, 0.2) is 0 Å². The molecule has 0 N–H and O–H groups in total. The summed E-state index contributed by atoms with van der Waals surface area (Å²) in [4.78, 5) is 0. The van der Waals surface area contributed by atoms with Gasteiger partial charge in [0, 0.05) is 0 Å². The van der Waals surface area contributed by atoms with Gasteiger partial charge in [-0.25, -0.2) is 0 Å². The number of allylic oxidation sites excluding steroid dienone is 1. The first-order valence-corrected chi connectivity index (χ1v) is 4.06. The second kappa shape index (κ2) is 2.94. The normalized spacial score (nSPS) is 36.9. The van der Waals surface area contributed by atoms with Gasteiger partial charge in [-0.05, 0) is 24.8 Å². The highest BCUT2D eigenvalue weighted by molar-refractivity contribution is 6.27. The molecule has 0 nitrogen and oxygen atoms in total. The van der Waals surface area contributed by atoms with Crippen LogP contribution in [0.15, 0.2) is 12.2 Å². The molecule has 0 aromatic carbocycles. The first-order valence-electron chi connectivity index (χ1n) is 3.18. The van der Waals surface area contributed by atoms with E-state index >= 15 is 0 Å². The van der Waals surface area contributed by atoms with Crippen LogP contribution < -0.4 is 0 Å². The first kappa shape index (κ1) is 7.43. The van der Waals surface area contributed by atoms with Crippen molar-refractivity contribution < 1.29 is 0 Å². The average Bonchev–Trinajstić information content (AvgIpc) is 1.83. The van der Waals surface area contributed by atoms with Gasteiger partial charge in [-0.3, -0.25) is 0 Å². The molecule has 0 bridgehead atoms. The van der Waals surface area contributed by atoms with Crippen molar-refractivity contribution in [3.8, 4) is 0 Å². The molecule has 0 heterocycles. The van der Waals surface area contributed by atoms with Gasteiger partial charge in [0.25, 0.3) is 0 Å². The van der Waals surface area contributed by atoms with Gasteiger partial charge in [-0.1, -0.05) is 6.58 Å². The van der Waals surface area contributed by atoms with Crippen LogP contribution in [0, 0.1) is 0 Å². The summed E-state index contributed by atoms with van der Waals surface area (Å²) in [6, 6.07) is 0. The zero-order chi connectivity index (χ0) is 6.85. The van der Waals surface area contributed by atoms with E-state index in [9.17, 15) is 0 Å². The first-order chi connectivity index (χ1) is 4.22. The molecule has 1 aliphatic rings. The fourth-order valence-corrected chi connectivity index (χ4v) is 1.72. The van der Waals surface area contributed by atoms with Gasteiger partial charge >= 0.3 is 0 Å². The minimum atomic E-state index is 0.126. The zero-order valence-corrected chi connectivity index (χ0v) is 6.75. The molecule has 52 valence electrons. The average molecular weight is 165 g/mol. The van der Waals surface area contributed by atoms with Gasteiger partial charge in [0.1, 0.15) is 0 Å². The van der Waals surface area contributed by atoms with Gasteiger partial charge < -0.3 is 0 Å². The fraction of sp³-hybridized carbons (Fsp3) is 0.714. The van der Waals surface area contributed by atoms with Crippen molar-refractivity contribution in [2.45, 2.75) is 30.0 Å². The molecule has 0 aliphatic heterocycles. The van der Waals surface area contributed by atoms with E-state index in [4.69, 9.17) is 23.2 Å². The van der Waals surface area contributed by atoms with E-state index in [2.05, 4.69) is 6.58 Å². The molecule has 2 heteroatoms. The topological polar surface area (TPSA) is 0 Å². The summed E-state index contributed by atoms with van der Waals surface area (Å²) in [5.41, 5.74) is 1.00. The van der Waals surface area contributed by atoms with Gasteiger partial charge in [0.05, 0.1) is 10.8 Å². The largest absolute Gasteiger partial charge is 0.118 e. The Hall–Kier alpha value is 0.320. The Morgan fingerprint density at radius 3 is 2.00 bits per heavy atom. The van der Waals surface area contributed by atoms with Crippen LogP contribution in [0.25, 0.3) is 0 Å². The van der Waals surface area contributed by atoms with Crippen molar-refractivity contribution in [3.63, 3.8) is 0 Å². The third-order valence-corrected chi connectivity index (χ3v) is 2.72. The second-order valence-corrected chi connectivity index (χ2v) is 3.49. The number of alkyl halides is 2. The van der Waals surface area contributed by atoms with Gasteiger partial charge in [-0.15, -0.1) is 23.2 Å². The van der Waals surface area contributed by atoms with Gasteiger partial charge in [0.2, 0.25) is 0 Å². The Morgan fingerprint density at radius 1 is 1.22 bits per heavy atom. The third kappa shape index (κ3) is 1.62. The monoisotopic (exact) mass is 164 g/mol. The van der Waals surface area contributed by atoms with E-state index in [-0.39, 0.29) is 10.8 Å². The van der Waals surface area contributed by atoms with Crippen LogP contribution in [-0.2, 0) is 0 Å². The number of rotatable bonds is 0. The van der Waals surface area contributed by atoms with Crippen molar-refractivity contribution >= 4 is 23.2 Å². The summed E-state index contributed by atoms with van der Waals surface area (Å²) < 4.78 is 0. The summed E-state index contributed by atoms with van der Waals surface area (Å²) in [6.45, 7) is 3.81. The molecule has 0 saturated heterocycles.